The summed E-state index contributed by atoms with van der Waals surface area (Å²) >= 11 is 6.16. The van der Waals surface area contributed by atoms with Crippen LogP contribution < -0.4 is 24.0 Å². The number of Topliss-reactive ketones (excluding diaryl/α,β-unsaturated/α-hetero) is 1. The highest BCUT2D eigenvalue weighted by Crippen LogP contribution is 2.44. The summed E-state index contributed by atoms with van der Waals surface area (Å²) in [6.45, 7) is 0. The number of ketones is 1. The van der Waals surface area contributed by atoms with Crippen molar-refractivity contribution in [2.45, 2.75) is 6.04 Å². The van der Waals surface area contributed by atoms with Crippen molar-refractivity contribution in [2.75, 3.05) is 45.2 Å². The number of carbonyl (C=O) groups is 2. The lowest BCUT2D eigenvalue weighted by atomic mass is 9.94. The number of carbonyl (C=O) groups excluding carboxylic acids is 2. The molecular weight excluding hydrogens is 496 g/mol. The minimum absolute atomic E-state index is 0.0539. The van der Waals surface area contributed by atoms with Crippen LogP contribution in [0.1, 0.15) is 17.2 Å². The SMILES string of the molecule is COc1cc(/C(O)=C2\C(=O)C(=O)N(c3ccc(OC)c(OC)c3)C2c2ccc(N(C)C)cc2)ccc1Cl. The normalized spacial score (nSPS) is 16.6. The molecule has 0 aliphatic carbocycles. The molecule has 9 heteroatoms. The Morgan fingerprint density at radius 1 is 0.865 bits per heavy atom. The summed E-state index contributed by atoms with van der Waals surface area (Å²) in [5.41, 5.74) is 2.23. The summed E-state index contributed by atoms with van der Waals surface area (Å²) in [4.78, 5) is 30.2. The number of amides is 1. The third kappa shape index (κ3) is 4.68. The molecule has 1 N–H and O–H groups in total. The molecule has 0 spiro atoms. The molecule has 0 saturated carbocycles. The topological polar surface area (TPSA) is 88.5 Å². The fourth-order valence-electron chi connectivity index (χ4n) is 4.31. The second-order valence-corrected chi connectivity index (χ2v) is 8.95. The Kier molecular flexibility index (Phi) is 7.31. The van der Waals surface area contributed by atoms with Gasteiger partial charge in [-0.1, -0.05) is 23.7 Å². The van der Waals surface area contributed by atoms with E-state index in [-0.39, 0.29) is 11.3 Å². The van der Waals surface area contributed by atoms with Crippen molar-refractivity contribution in [3.8, 4) is 17.2 Å². The van der Waals surface area contributed by atoms with E-state index in [9.17, 15) is 14.7 Å². The van der Waals surface area contributed by atoms with E-state index < -0.39 is 17.7 Å². The van der Waals surface area contributed by atoms with E-state index >= 15 is 0 Å². The van der Waals surface area contributed by atoms with Gasteiger partial charge in [-0.3, -0.25) is 14.5 Å². The van der Waals surface area contributed by atoms with Gasteiger partial charge in [0.15, 0.2) is 11.5 Å². The highest BCUT2D eigenvalue weighted by Gasteiger charge is 2.47. The molecule has 1 amide bonds. The largest absolute Gasteiger partial charge is 0.507 e. The second-order valence-electron chi connectivity index (χ2n) is 8.54. The fraction of sp³-hybridized carbons (Fsp3) is 0.214. The molecule has 3 aromatic carbocycles. The Morgan fingerprint density at radius 2 is 1.51 bits per heavy atom. The van der Waals surface area contributed by atoms with Gasteiger partial charge in [0.05, 0.1) is 38.0 Å². The molecule has 8 nitrogen and oxygen atoms in total. The first-order valence-electron chi connectivity index (χ1n) is 11.4. The van der Waals surface area contributed by atoms with Gasteiger partial charge in [-0.2, -0.15) is 0 Å². The van der Waals surface area contributed by atoms with E-state index in [0.717, 1.165) is 5.69 Å². The van der Waals surface area contributed by atoms with Crippen molar-refractivity contribution < 1.29 is 28.9 Å². The lowest BCUT2D eigenvalue weighted by molar-refractivity contribution is -0.132. The molecule has 1 aliphatic heterocycles. The standard InChI is InChI=1S/C28H27ClN2O6/c1-30(2)18-9-6-16(7-10-18)25-24(26(32)17-8-12-20(29)22(14-17)36-4)27(33)28(34)31(25)19-11-13-21(35-3)23(15-19)37-5/h6-15,25,32H,1-5H3/b26-24+. The van der Waals surface area contributed by atoms with E-state index in [1.165, 1.54) is 32.3 Å². The minimum Gasteiger partial charge on any atom is -0.507 e. The van der Waals surface area contributed by atoms with E-state index in [1.807, 2.05) is 43.3 Å². The van der Waals surface area contributed by atoms with Crippen LogP contribution in [0.4, 0.5) is 11.4 Å². The number of methoxy groups -OCH3 is 3. The molecule has 0 bridgehead atoms. The van der Waals surface area contributed by atoms with Crippen LogP contribution >= 0.6 is 11.6 Å². The molecule has 37 heavy (non-hydrogen) atoms. The first-order chi connectivity index (χ1) is 17.7. The van der Waals surface area contributed by atoms with Gasteiger partial charge < -0.3 is 24.2 Å². The quantitative estimate of drug-likeness (QED) is 0.263. The maximum atomic E-state index is 13.4. The second kappa shape index (κ2) is 10.4. The minimum atomic E-state index is -0.906. The van der Waals surface area contributed by atoms with Gasteiger partial charge in [-0.15, -0.1) is 0 Å². The summed E-state index contributed by atoms with van der Waals surface area (Å²) < 4.78 is 16.0. The van der Waals surface area contributed by atoms with E-state index in [2.05, 4.69) is 0 Å². The lowest BCUT2D eigenvalue weighted by Crippen LogP contribution is -2.29. The molecule has 192 valence electrons. The number of halogens is 1. The molecule has 1 saturated heterocycles. The van der Waals surface area contributed by atoms with Gasteiger partial charge in [0, 0.05) is 37.1 Å². The zero-order chi connectivity index (χ0) is 26.9. The van der Waals surface area contributed by atoms with Crippen LogP contribution in [0.2, 0.25) is 5.02 Å². The van der Waals surface area contributed by atoms with Crippen molar-refractivity contribution in [3.05, 3.63) is 82.4 Å². The molecule has 1 unspecified atom stereocenters. The molecule has 0 aromatic heterocycles. The number of hydrogen-bond acceptors (Lipinski definition) is 7. The van der Waals surface area contributed by atoms with Crippen molar-refractivity contribution in [1.29, 1.82) is 0 Å². The van der Waals surface area contributed by atoms with Crippen molar-refractivity contribution in [3.63, 3.8) is 0 Å². The zero-order valence-corrected chi connectivity index (χ0v) is 21.9. The number of anilines is 2. The monoisotopic (exact) mass is 522 g/mol. The molecule has 0 radical (unpaired) electrons. The summed E-state index contributed by atoms with van der Waals surface area (Å²) in [6, 6.07) is 16.1. The van der Waals surface area contributed by atoms with Crippen molar-refractivity contribution in [2.24, 2.45) is 0 Å². The van der Waals surface area contributed by atoms with Gasteiger partial charge in [-0.25, -0.2) is 0 Å². The first kappa shape index (κ1) is 25.9. The number of benzene rings is 3. The van der Waals surface area contributed by atoms with E-state index in [4.69, 9.17) is 25.8 Å². The van der Waals surface area contributed by atoms with E-state index in [1.54, 1.807) is 30.3 Å². The molecule has 3 aromatic rings. The average molecular weight is 523 g/mol. The van der Waals surface area contributed by atoms with Crippen LogP contribution in [0.25, 0.3) is 5.76 Å². The number of aliphatic hydroxyl groups excluding tert-OH is 1. The Hall–Kier alpha value is -4.17. The van der Waals surface area contributed by atoms with Gasteiger partial charge in [0.1, 0.15) is 11.5 Å². The smallest absolute Gasteiger partial charge is 0.300 e. The maximum absolute atomic E-state index is 13.4. The molecule has 1 fully saturated rings. The first-order valence-corrected chi connectivity index (χ1v) is 11.7. The molecular formula is C28H27ClN2O6. The summed E-state index contributed by atoms with van der Waals surface area (Å²) in [5.74, 6) is -0.738. The van der Waals surface area contributed by atoms with Crippen LogP contribution in [0, 0.1) is 0 Å². The lowest BCUT2D eigenvalue weighted by Gasteiger charge is -2.26. The summed E-state index contributed by atoms with van der Waals surface area (Å²) in [5, 5.41) is 11.7. The Bertz CT molecular complexity index is 1380. The van der Waals surface area contributed by atoms with Crippen LogP contribution in [-0.4, -0.2) is 52.2 Å². The van der Waals surface area contributed by atoms with Crippen LogP contribution in [0.5, 0.6) is 17.2 Å². The van der Waals surface area contributed by atoms with Gasteiger partial charge in [0.25, 0.3) is 11.7 Å². The van der Waals surface area contributed by atoms with Crippen LogP contribution in [0.3, 0.4) is 0 Å². The van der Waals surface area contributed by atoms with Crippen molar-refractivity contribution in [1.82, 2.24) is 0 Å². The summed E-state index contributed by atoms with van der Waals surface area (Å²) in [6.07, 6.45) is 0. The predicted molar refractivity (Wildman–Crippen MR) is 143 cm³/mol. The molecule has 1 heterocycles. The fourth-order valence-corrected chi connectivity index (χ4v) is 4.50. The average Bonchev–Trinajstić information content (AvgIpc) is 3.18. The number of nitrogens with zero attached hydrogens (tertiary/aromatic N) is 2. The van der Waals surface area contributed by atoms with Gasteiger partial charge >= 0.3 is 0 Å². The number of hydrogen-bond donors (Lipinski definition) is 1. The third-order valence-corrected chi connectivity index (χ3v) is 6.55. The zero-order valence-electron chi connectivity index (χ0n) is 21.1. The Balaban J connectivity index is 1.94. The highest BCUT2D eigenvalue weighted by atomic mass is 35.5. The Labute approximate surface area is 220 Å². The number of ether oxygens (including phenoxy) is 3. The number of aliphatic hydroxyl groups is 1. The predicted octanol–water partition coefficient (Wildman–Crippen LogP) is 5.06. The van der Waals surface area contributed by atoms with E-state index in [0.29, 0.717) is 39.1 Å². The summed E-state index contributed by atoms with van der Waals surface area (Å²) in [7, 11) is 8.28. The highest BCUT2D eigenvalue weighted by molar-refractivity contribution is 6.51. The van der Waals surface area contributed by atoms with Crippen LogP contribution in [0.15, 0.2) is 66.2 Å². The van der Waals surface area contributed by atoms with Gasteiger partial charge in [-0.05, 0) is 48.0 Å². The molecule has 1 aliphatic rings. The third-order valence-electron chi connectivity index (χ3n) is 6.24. The number of rotatable bonds is 7. The maximum Gasteiger partial charge on any atom is 0.300 e. The van der Waals surface area contributed by atoms with Gasteiger partial charge in [0.2, 0.25) is 0 Å². The van der Waals surface area contributed by atoms with Crippen LogP contribution in [-0.2, 0) is 9.59 Å². The molecule has 4 rings (SSSR count). The Morgan fingerprint density at radius 3 is 2.11 bits per heavy atom. The molecule has 1 atom stereocenters. The van der Waals surface area contributed by atoms with Crippen molar-refractivity contribution >= 4 is 40.4 Å².